The number of hydrogen-bond acceptors (Lipinski definition) is 4. The van der Waals surface area contributed by atoms with Crippen molar-refractivity contribution < 1.29 is 14.3 Å². The Labute approximate surface area is 165 Å². The SMILES string of the molecule is COc1ccc2nc(C)cc(OCC(=O)NC3C4CC5CC(C4)CC3C5)c2c1. The summed E-state index contributed by atoms with van der Waals surface area (Å²) in [4.78, 5) is 17.2. The van der Waals surface area contributed by atoms with Crippen molar-refractivity contribution in [2.45, 2.75) is 45.1 Å². The van der Waals surface area contributed by atoms with Crippen molar-refractivity contribution in [3.63, 3.8) is 0 Å². The molecule has 1 aromatic carbocycles. The molecule has 4 aliphatic carbocycles. The molecule has 4 bridgehead atoms. The quantitative estimate of drug-likeness (QED) is 0.855. The first-order chi connectivity index (χ1) is 13.6. The highest BCUT2D eigenvalue weighted by atomic mass is 16.5. The van der Waals surface area contributed by atoms with Crippen LogP contribution in [0, 0.1) is 30.6 Å². The smallest absolute Gasteiger partial charge is 0.258 e. The van der Waals surface area contributed by atoms with E-state index in [1.807, 2.05) is 31.2 Å². The summed E-state index contributed by atoms with van der Waals surface area (Å²) in [5.41, 5.74) is 1.71. The molecule has 1 heterocycles. The average molecular weight is 380 g/mol. The molecule has 28 heavy (non-hydrogen) atoms. The van der Waals surface area contributed by atoms with Crippen molar-refractivity contribution in [2.75, 3.05) is 13.7 Å². The number of carbonyl (C=O) groups is 1. The summed E-state index contributed by atoms with van der Waals surface area (Å²) >= 11 is 0. The van der Waals surface area contributed by atoms with E-state index in [2.05, 4.69) is 10.3 Å². The first-order valence-electron chi connectivity index (χ1n) is 10.5. The van der Waals surface area contributed by atoms with Gasteiger partial charge in [-0.2, -0.15) is 0 Å². The third-order valence-corrected chi connectivity index (χ3v) is 7.02. The van der Waals surface area contributed by atoms with Crippen molar-refractivity contribution in [2.24, 2.45) is 23.7 Å². The van der Waals surface area contributed by atoms with E-state index < -0.39 is 0 Å². The molecule has 5 heteroatoms. The second-order valence-corrected chi connectivity index (χ2v) is 8.96. The van der Waals surface area contributed by atoms with E-state index in [0.29, 0.717) is 23.6 Å². The van der Waals surface area contributed by atoms with Crippen LogP contribution in [0.1, 0.15) is 37.8 Å². The second kappa shape index (κ2) is 6.94. The maximum atomic E-state index is 12.7. The summed E-state index contributed by atoms with van der Waals surface area (Å²) in [6.45, 7) is 1.98. The first kappa shape index (κ1) is 17.8. The van der Waals surface area contributed by atoms with Gasteiger partial charge in [0.2, 0.25) is 0 Å². The number of aromatic nitrogens is 1. The zero-order chi connectivity index (χ0) is 19.3. The first-order valence-corrected chi connectivity index (χ1v) is 10.5. The number of amides is 1. The molecule has 4 fully saturated rings. The number of hydrogen-bond donors (Lipinski definition) is 1. The number of pyridine rings is 1. The normalized spacial score (nSPS) is 30.4. The van der Waals surface area contributed by atoms with Gasteiger partial charge in [-0.3, -0.25) is 9.78 Å². The lowest BCUT2D eigenvalue weighted by Gasteiger charge is -2.54. The van der Waals surface area contributed by atoms with Crippen LogP contribution < -0.4 is 14.8 Å². The van der Waals surface area contributed by atoms with Crippen molar-refractivity contribution >= 4 is 16.8 Å². The number of fused-ring (bicyclic) bond motifs is 1. The summed E-state index contributed by atoms with van der Waals surface area (Å²) < 4.78 is 11.3. The fourth-order valence-corrected chi connectivity index (χ4v) is 6.08. The number of methoxy groups -OCH3 is 1. The van der Waals surface area contributed by atoms with Gasteiger partial charge in [0, 0.05) is 23.2 Å². The Morgan fingerprint density at radius 1 is 1.11 bits per heavy atom. The van der Waals surface area contributed by atoms with Crippen LogP contribution in [0.15, 0.2) is 24.3 Å². The van der Waals surface area contributed by atoms with Crippen LogP contribution in [0.5, 0.6) is 11.5 Å². The van der Waals surface area contributed by atoms with Gasteiger partial charge in [0.15, 0.2) is 6.61 Å². The average Bonchev–Trinajstić information content (AvgIpc) is 2.68. The van der Waals surface area contributed by atoms with Crippen molar-refractivity contribution in [1.82, 2.24) is 10.3 Å². The Hall–Kier alpha value is -2.30. The zero-order valence-electron chi connectivity index (χ0n) is 16.6. The summed E-state index contributed by atoms with van der Waals surface area (Å²) in [5, 5.41) is 4.18. The van der Waals surface area contributed by atoms with Crippen LogP contribution in [-0.2, 0) is 4.79 Å². The van der Waals surface area contributed by atoms with Gasteiger partial charge in [0.05, 0.1) is 12.6 Å². The Bertz CT molecular complexity index is 882. The molecule has 0 unspecified atom stereocenters. The van der Waals surface area contributed by atoms with Crippen LogP contribution in [0.25, 0.3) is 10.9 Å². The molecule has 0 radical (unpaired) electrons. The molecular formula is C23H28N2O3. The predicted molar refractivity (Wildman–Crippen MR) is 108 cm³/mol. The van der Waals surface area contributed by atoms with Crippen LogP contribution in [0.2, 0.25) is 0 Å². The topological polar surface area (TPSA) is 60.5 Å². The van der Waals surface area contributed by atoms with Gasteiger partial charge in [-0.05, 0) is 80.9 Å². The highest BCUT2D eigenvalue weighted by Gasteiger charge is 2.48. The number of rotatable bonds is 5. The molecule has 2 aromatic rings. The molecule has 0 atom stereocenters. The molecule has 1 amide bonds. The minimum atomic E-state index is -0.0111. The summed E-state index contributed by atoms with van der Waals surface area (Å²) in [7, 11) is 1.64. The Morgan fingerprint density at radius 2 is 1.82 bits per heavy atom. The van der Waals surface area contributed by atoms with Gasteiger partial charge in [0.1, 0.15) is 11.5 Å². The molecule has 0 spiro atoms. The molecule has 148 valence electrons. The van der Waals surface area contributed by atoms with E-state index in [1.54, 1.807) is 7.11 Å². The molecule has 6 rings (SSSR count). The summed E-state index contributed by atoms with van der Waals surface area (Å²) in [5.74, 6) is 4.59. The van der Waals surface area contributed by atoms with Crippen molar-refractivity contribution in [3.8, 4) is 11.5 Å². The number of nitrogens with one attached hydrogen (secondary N) is 1. The van der Waals surface area contributed by atoms with Crippen molar-refractivity contribution in [3.05, 3.63) is 30.0 Å². The second-order valence-electron chi connectivity index (χ2n) is 8.96. The fraction of sp³-hybridized carbons (Fsp3) is 0.565. The van der Waals surface area contributed by atoms with E-state index in [4.69, 9.17) is 9.47 Å². The van der Waals surface area contributed by atoms with Gasteiger partial charge in [0.25, 0.3) is 5.91 Å². The van der Waals surface area contributed by atoms with Gasteiger partial charge in [-0.15, -0.1) is 0 Å². The van der Waals surface area contributed by atoms with E-state index in [-0.39, 0.29) is 12.5 Å². The van der Waals surface area contributed by atoms with E-state index in [0.717, 1.165) is 34.2 Å². The Morgan fingerprint density at radius 3 is 2.50 bits per heavy atom. The predicted octanol–water partition coefficient (Wildman–Crippen LogP) is 3.87. The molecule has 0 saturated heterocycles. The lowest BCUT2D eigenvalue weighted by molar-refractivity contribution is -0.127. The number of nitrogens with zero attached hydrogens (tertiary/aromatic N) is 1. The molecule has 5 nitrogen and oxygen atoms in total. The highest BCUT2D eigenvalue weighted by Crippen LogP contribution is 2.53. The van der Waals surface area contributed by atoms with E-state index in [1.165, 1.54) is 32.1 Å². The maximum absolute atomic E-state index is 12.7. The van der Waals surface area contributed by atoms with Gasteiger partial charge >= 0.3 is 0 Å². The van der Waals surface area contributed by atoms with Crippen LogP contribution in [-0.4, -0.2) is 30.6 Å². The minimum absolute atomic E-state index is 0.0111. The summed E-state index contributed by atoms with van der Waals surface area (Å²) in [6.07, 6.45) is 6.62. The van der Waals surface area contributed by atoms with Gasteiger partial charge in [-0.25, -0.2) is 0 Å². The standard InChI is InChI=1S/C23H28N2O3/c1-13-5-21(19-11-18(27-2)3-4-20(19)24-13)28-12-22(26)25-23-16-7-14-6-15(9-16)10-17(23)8-14/h3-5,11,14-17,23H,6-10,12H2,1-2H3,(H,25,26). The fourth-order valence-electron chi connectivity index (χ4n) is 6.08. The molecule has 0 aliphatic heterocycles. The highest BCUT2D eigenvalue weighted by molar-refractivity contribution is 5.87. The molecule has 1 N–H and O–H groups in total. The Balaban J connectivity index is 1.28. The molecule has 4 saturated carbocycles. The monoisotopic (exact) mass is 380 g/mol. The molecular weight excluding hydrogens is 352 g/mol. The van der Waals surface area contributed by atoms with Crippen LogP contribution >= 0.6 is 0 Å². The number of carbonyl (C=O) groups excluding carboxylic acids is 1. The number of ether oxygens (including phenoxy) is 2. The number of aryl methyl sites for hydroxylation is 1. The maximum Gasteiger partial charge on any atom is 0.258 e. The zero-order valence-corrected chi connectivity index (χ0v) is 16.6. The minimum Gasteiger partial charge on any atom is -0.497 e. The molecule has 4 aliphatic rings. The van der Waals surface area contributed by atoms with Gasteiger partial charge in [-0.1, -0.05) is 0 Å². The van der Waals surface area contributed by atoms with Crippen LogP contribution in [0.4, 0.5) is 0 Å². The lowest BCUT2D eigenvalue weighted by Crippen LogP contribution is -2.56. The third-order valence-electron chi connectivity index (χ3n) is 7.02. The van der Waals surface area contributed by atoms with Crippen molar-refractivity contribution in [1.29, 1.82) is 0 Å². The van der Waals surface area contributed by atoms with Crippen LogP contribution in [0.3, 0.4) is 0 Å². The third kappa shape index (κ3) is 3.21. The van der Waals surface area contributed by atoms with Gasteiger partial charge < -0.3 is 14.8 Å². The largest absolute Gasteiger partial charge is 0.497 e. The summed E-state index contributed by atoms with van der Waals surface area (Å²) in [6, 6.07) is 7.95. The molecule has 1 aromatic heterocycles. The number of benzene rings is 1. The lowest BCUT2D eigenvalue weighted by atomic mass is 9.54. The van der Waals surface area contributed by atoms with E-state index >= 15 is 0 Å². The Kier molecular flexibility index (Phi) is 4.41. The van der Waals surface area contributed by atoms with E-state index in [9.17, 15) is 4.79 Å².